The van der Waals surface area contributed by atoms with Crippen molar-refractivity contribution in [2.45, 2.75) is 6.10 Å². The minimum absolute atomic E-state index is 0.0178. The number of esters is 1. The number of methoxy groups -OCH3 is 2. The number of nitrogens with two attached hydrogens (primary N) is 1. The average Bonchev–Trinajstić information content (AvgIpc) is 2.68. The van der Waals surface area contributed by atoms with Crippen molar-refractivity contribution in [1.29, 1.82) is 0 Å². The van der Waals surface area contributed by atoms with Gasteiger partial charge in [-0.3, -0.25) is 9.05 Å². The van der Waals surface area contributed by atoms with E-state index >= 15 is 0 Å². The van der Waals surface area contributed by atoms with Gasteiger partial charge in [-0.2, -0.15) is 0 Å². The van der Waals surface area contributed by atoms with E-state index in [1.54, 1.807) is 0 Å². The van der Waals surface area contributed by atoms with E-state index in [1.165, 1.54) is 32.4 Å². The molecule has 0 amide bonds. The maximum Gasteiger partial charge on any atom is 0.472 e. The van der Waals surface area contributed by atoms with Crippen LogP contribution in [0.1, 0.15) is 5.56 Å². The predicted octanol–water partition coefficient (Wildman–Crippen LogP) is 0.419. The minimum atomic E-state index is -4.36. The lowest BCUT2D eigenvalue weighted by molar-refractivity contribution is -0.147. The van der Waals surface area contributed by atoms with Crippen LogP contribution in [0.5, 0.6) is 17.2 Å². The van der Waals surface area contributed by atoms with Crippen LogP contribution in [0.25, 0.3) is 6.08 Å². The van der Waals surface area contributed by atoms with Crippen molar-refractivity contribution in [1.82, 2.24) is 0 Å². The number of carbonyl (C=O) groups excluding carboxylic acids is 1. The molecule has 1 aromatic carbocycles. The largest absolute Gasteiger partial charge is 0.502 e. The SMILES string of the molecule is COc1cc(/C=C/C(=O)O[C@H](CO)COP(=O)(O)OCCN)cc(OC)c1O. The lowest BCUT2D eigenvalue weighted by Gasteiger charge is -2.17. The molecule has 1 aromatic rings. The van der Waals surface area contributed by atoms with Gasteiger partial charge in [0.15, 0.2) is 11.5 Å². The molecule has 28 heavy (non-hydrogen) atoms. The van der Waals surface area contributed by atoms with Crippen molar-refractivity contribution in [3.05, 3.63) is 23.8 Å². The molecule has 158 valence electrons. The second kappa shape index (κ2) is 11.6. The van der Waals surface area contributed by atoms with E-state index in [4.69, 9.17) is 19.9 Å². The molecular weight excluding hydrogens is 397 g/mol. The van der Waals surface area contributed by atoms with Crippen LogP contribution in [0.4, 0.5) is 0 Å². The molecule has 0 fully saturated rings. The molecule has 1 unspecified atom stereocenters. The van der Waals surface area contributed by atoms with Crippen molar-refractivity contribution in [3.8, 4) is 17.2 Å². The van der Waals surface area contributed by atoms with E-state index in [2.05, 4.69) is 9.05 Å². The van der Waals surface area contributed by atoms with Gasteiger partial charge in [0.2, 0.25) is 5.75 Å². The summed E-state index contributed by atoms with van der Waals surface area (Å²) in [6.07, 6.45) is 1.23. The first-order chi connectivity index (χ1) is 13.3. The van der Waals surface area contributed by atoms with Crippen LogP contribution in [-0.4, -0.2) is 67.8 Å². The number of aliphatic hydroxyl groups is 1. The van der Waals surface area contributed by atoms with Crippen molar-refractivity contribution in [3.63, 3.8) is 0 Å². The first kappa shape index (κ1) is 23.9. The standard InChI is InChI=1S/C16H24NO10P/c1-23-13-7-11(8-14(24-2)16(13)20)3-4-15(19)27-12(9-18)10-26-28(21,22)25-6-5-17/h3-4,7-8,12,18,20H,5-6,9-10,17H2,1-2H3,(H,21,22)/b4-3+/t12-/m1/s1. The Balaban J connectivity index is 2.70. The van der Waals surface area contributed by atoms with Crippen molar-refractivity contribution in [2.75, 3.05) is 40.6 Å². The lowest BCUT2D eigenvalue weighted by Crippen LogP contribution is -2.26. The fraction of sp³-hybridized carbons (Fsp3) is 0.438. The summed E-state index contributed by atoms with van der Waals surface area (Å²) in [5.41, 5.74) is 5.62. The smallest absolute Gasteiger partial charge is 0.472 e. The van der Waals surface area contributed by atoms with E-state index in [1.807, 2.05) is 0 Å². The topological polar surface area (TPSA) is 167 Å². The summed E-state index contributed by atoms with van der Waals surface area (Å²) in [4.78, 5) is 21.3. The Morgan fingerprint density at radius 1 is 1.25 bits per heavy atom. The van der Waals surface area contributed by atoms with Crippen LogP contribution < -0.4 is 15.2 Å². The number of ether oxygens (including phenoxy) is 3. The zero-order valence-corrected chi connectivity index (χ0v) is 16.3. The van der Waals surface area contributed by atoms with Crippen LogP contribution in [-0.2, 0) is 23.1 Å². The number of hydrogen-bond acceptors (Lipinski definition) is 10. The number of aromatic hydroxyl groups is 1. The van der Waals surface area contributed by atoms with Gasteiger partial charge < -0.3 is 35.1 Å². The molecule has 0 aliphatic heterocycles. The fourth-order valence-corrected chi connectivity index (χ4v) is 2.65. The average molecular weight is 421 g/mol. The van der Waals surface area contributed by atoms with Crippen LogP contribution in [0.2, 0.25) is 0 Å². The second-order valence-corrected chi connectivity index (χ2v) is 6.69. The van der Waals surface area contributed by atoms with E-state index in [0.717, 1.165) is 6.08 Å². The van der Waals surface area contributed by atoms with E-state index in [0.29, 0.717) is 5.56 Å². The molecule has 0 heterocycles. The zero-order chi connectivity index (χ0) is 21.2. The van der Waals surface area contributed by atoms with Gasteiger partial charge in [-0.1, -0.05) is 0 Å². The molecule has 0 aromatic heterocycles. The molecule has 11 nitrogen and oxygen atoms in total. The van der Waals surface area contributed by atoms with Gasteiger partial charge in [-0.05, 0) is 23.8 Å². The number of hydrogen-bond donors (Lipinski definition) is 4. The Morgan fingerprint density at radius 2 is 1.86 bits per heavy atom. The number of phenols is 1. The molecule has 0 saturated heterocycles. The van der Waals surface area contributed by atoms with Gasteiger partial charge in [0.25, 0.3) is 0 Å². The predicted molar refractivity (Wildman–Crippen MR) is 98.0 cm³/mol. The highest BCUT2D eigenvalue weighted by Gasteiger charge is 2.24. The van der Waals surface area contributed by atoms with Gasteiger partial charge in [0, 0.05) is 12.6 Å². The van der Waals surface area contributed by atoms with Crippen molar-refractivity contribution in [2.24, 2.45) is 5.73 Å². The molecule has 0 radical (unpaired) electrons. The molecule has 0 aliphatic carbocycles. The van der Waals surface area contributed by atoms with Crippen molar-refractivity contribution >= 4 is 19.9 Å². The third-order valence-corrected chi connectivity index (χ3v) is 4.18. The molecule has 0 spiro atoms. The highest BCUT2D eigenvalue weighted by atomic mass is 31.2. The Kier molecular flexibility index (Phi) is 9.94. The lowest BCUT2D eigenvalue weighted by atomic mass is 10.1. The number of aliphatic hydroxyl groups excluding tert-OH is 1. The molecule has 0 aliphatic rings. The maximum absolute atomic E-state index is 11.9. The van der Waals surface area contributed by atoms with Gasteiger partial charge in [-0.25, -0.2) is 9.36 Å². The highest BCUT2D eigenvalue weighted by molar-refractivity contribution is 7.47. The number of carbonyl (C=O) groups is 1. The molecular formula is C16H24NO10P. The van der Waals surface area contributed by atoms with Gasteiger partial charge >= 0.3 is 13.8 Å². The quantitative estimate of drug-likeness (QED) is 0.210. The molecule has 0 saturated carbocycles. The molecule has 5 N–H and O–H groups in total. The number of phenolic OH excluding ortho intramolecular Hbond substituents is 1. The Morgan fingerprint density at radius 3 is 2.36 bits per heavy atom. The van der Waals surface area contributed by atoms with Gasteiger partial charge in [0.1, 0.15) is 6.10 Å². The summed E-state index contributed by atoms with van der Waals surface area (Å²) in [5, 5.41) is 19.1. The summed E-state index contributed by atoms with van der Waals surface area (Å²) < 4.78 is 35.6. The highest BCUT2D eigenvalue weighted by Crippen LogP contribution is 2.43. The summed E-state index contributed by atoms with van der Waals surface area (Å²) >= 11 is 0. The zero-order valence-electron chi connectivity index (χ0n) is 15.4. The van der Waals surface area contributed by atoms with E-state index in [9.17, 15) is 24.5 Å². The Labute approximate surface area is 161 Å². The van der Waals surface area contributed by atoms with Crippen molar-refractivity contribution < 1.29 is 47.7 Å². The molecule has 1 rings (SSSR count). The normalized spacial score (nSPS) is 14.5. The summed E-state index contributed by atoms with van der Waals surface area (Å²) in [6, 6.07) is 2.93. The maximum atomic E-state index is 11.9. The molecule has 0 bridgehead atoms. The molecule has 12 heteroatoms. The van der Waals surface area contributed by atoms with Crippen LogP contribution in [0.3, 0.4) is 0 Å². The summed E-state index contributed by atoms with van der Waals surface area (Å²) in [7, 11) is -1.64. The monoisotopic (exact) mass is 421 g/mol. The number of phosphoric ester groups is 1. The van der Waals surface area contributed by atoms with Gasteiger partial charge in [-0.15, -0.1) is 0 Å². The number of rotatable bonds is 12. The third-order valence-electron chi connectivity index (χ3n) is 3.20. The Hall–Kier alpha value is -2.14. The van der Waals surface area contributed by atoms with E-state index < -0.39 is 33.1 Å². The van der Waals surface area contributed by atoms with Crippen LogP contribution >= 0.6 is 7.82 Å². The fourth-order valence-electron chi connectivity index (χ4n) is 1.88. The first-order valence-corrected chi connectivity index (χ1v) is 9.52. The Bertz CT molecular complexity index is 698. The first-order valence-electron chi connectivity index (χ1n) is 8.02. The van der Waals surface area contributed by atoms with Crippen LogP contribution in [0.15, 0.2) is 18.2 Å². The third kappa shape index (κ3) is 7.85. The number of benzene rings is 1. The molecule has 2 atom stereocenters. The summed E-state index contributed by atoms with van der Waals surface area (Å²) in [5.74, 6) is -0.743. The van der Waals surface area contributed by atoms with Crippen LogP contribution in [0, 0.1) is 0 Å². The minimum Gasteiger partial charge on any atom is -0.502 e. The number of phosphoric acid groups is 1. The van der Waals surface area contributed by atoms with E-state index in [-0.39, 0.29) is 30.4 Å². The summed E-state index contributed by atoms with van der Waals surface area (Å²) in [6.45, 7) is -1.38. The van der Waals surface area contributed by atoms with Gasteiger partial charge in [0.05, 0.1) is 34.0 Å². The second-order valence-electron chi connectivity index (χ2n) is 5.24.